The van der Waals surface area contributed by atoms with E-state index >= 15 is 0 Å². The minimum Gasteiger partial charge on any atom is -0.358 e. The zero-order valence-corrected chi connectivity index (χ0v) is 21.4. The number of H-pyrrole nitrogens is 2. The Morgan fingerprint density at radius 3 is 2.71 bits per heavy atom. The van der Waals surface area contributed by atoms with E-state index in [-0.39, 0.29) is 0 Å². The van der Waals surface area contributed by atoms with Crippen LogP contribution in [0, 0.1) is 12.8 Å². The van der Waals surface area contributed by atoms with E-state index in [1.54, 1.807) is 12.4 Å². The molecular formula is C30H28N8. The number of imidazole rings is 1. The van der Waals surface area contributed by atoms with Gasteiger partial charge in [0.05, 0.1) is 28.8 Å². The van der Waals surface area contributed by atoms with Crippen LogP contribution < -0.4 is 5.32 Å². The van der Waals surface area contributed by atoms with Crippen LogP contribution in [0.4, 0.5) is 5.69 Å². The first-order valence-electron chi connectivity index (χ1n) is 12.7. The highest BCUT2D eigenvalue weighted by Gasteiger charge is 2.24. The van der Waals surface area contributed by atoms with Crippen molar-refractivity contribution in [1.29, 1.82) is 0 Å². The standard InChI is InChI=1S/C30H28N8/c1-4-5-6-24(21-11-13-31-14-12-21)27-19(3)34-30(36-27)29-28-26(37-38-29)10-9-25(35-28)22-15-23(17-32-16-22)33-18(2)20-7-8-20/h4-6,9-17,20,33H,2,7-8H2,1,3H3,(H,34,36)(H,37,38)/b5-4-,24-6-. The van der Waals surface area contributed by atoms with E-state index < -0.39 is 0 Å². The Hall–Kier alpha value is -4.85. The Morgan fingerprint density at radius 2 is 1.92 bits per heavy atom. The number of anilines is 1. The summed E-state index contributed by atoms with van der Waals surface area (Å²) in [7, 11) is 0. The molecule has 3 N–H and O–H groups in total. The molecule has 1 aliphatic carbocycles. The molecule has 1 aliphatic rings. The summed E-state index contributed by atoms with van der Waals surface area (Å²) in [5.41, 5.74) is 9.77. The van der Waals surface area contributed by atoms with Gasteiger partial charge >= 0.3 is 0 Å². The van der Waals surface area contributed by atoms with Crippen LogP contribution in [0.1, 0.15) is 36.7 Å². The van der Waals surface area contributed by atoms with Crippen LogP contribution in [0.15, 0.2) is 85.6 Å². The Morgan fingerprint density at radius 1 is 1.08 bits per heavy atom. The first-order chi connectivity index (χ1) is 18.6. The molecule has 1 saturated carbocycles. The molecule has 0 aromatic carbocycles. The number of aromatic amines is 2. The Balaban J connectivity index is 1.37. The molecular weight excluding hydrogens is 472 g/mol. The van der Waals surface area contributed by atoms with Gasteiger partial charge in [0, 0.05) is 41.1 Å². The van der Waals surface area contributed by atoms with Gasteiger partial charge in [-0.05, 0) is 68.5 Å². The fraction of sp³-hybridized carbons (Fsp3) is 0.167. The van der Waals surface area contributed by atoms with Crippen molar-refractivity contribution >= 4 is 22.3 Å². The number of aryl methyl sites for hydroxylation is 1. The molecule has 8 nitrogen and oxygen atoms in total. The van der Waals surface area contributed by atoms with E-state index in [1.165, 1.54) is 12.8 Å². The highest BCUT2D eigenvalue weighted by molar-refractivity contribution is 5.90. The van der Waals surface area contributed by atoms with Crippen molar-refractivity contribution in [3.8, 4) is 22.8 Å². The second-order valence-electron chi connectivity index (χ2n) is 9.45. The number of nitrogens with one attached hydrogen (secondary N) is 3. The molecule has 6 rings (SSSR count). The monoisotopic (exact) mass is 500 g/mol. The minimum atomic E-state index is 0.565. The van der Waals surface area contributed by atoms with Crippen molar-refractivity contribution in [3.05, 3.63) is 103 Å². The molecule has 0 atom stereocenters. The molecule has 8 heteroatoms. The molecule has 5 aromatic heterocycles. The largest absolute Gasteiger partial charge is 0.358 e. The Bertz CT molecular complexity index is 1690. The number of rotatable bonds is 8. The Labute approximate surface area is 220 Å². The zero-order chi connectivity index (χ0) is 26.1. The summed E-state index contributed by atoms with van der Waals surface area (Å²) >= 11 is 0. The van der Waals surface area contributed by atoms with E-state index in [0.29, 0.717) is 17.4 Å². The maximum absolute atomic E-state index is 4.97. The Kier molecular flexibility index (Phi) is 6.13. The van der Waals surface area contributed by atoms with Gasteiger partial charge in [-0.1, -0.05) is 24.8 Å². The summed E-state index contributed by atoms with van der Waals surface area (Å²) in [5, 5.41) is 11.1. The van der Waals surface area contributed by atoms with Crippen molar-refractivity contribution in [1.82, 2.24) is 35.1 Å². The molecule has 38 heavy (non-hydrogen) atoms. The molecule has 0 saturated heterocycles. The molecule has 0 aliphatic heterocycles. The maximum Gasteiger partial charge on any atom is 0.161 e. The van der Waals surface area contributed by atoms with Crippen LogP contribution in [0.25, 0.3) is 39.4 Å². The van der Waals surface area contributed by atoms with Crippen LogP contribution in [0.3, 0.4) is 0 Å². The molecule has 0 radical (unpaired) electrons. The highest BCUT2D eigenvalue weighted by atomic mass is 15.2. The number of fused-ring (bicyclic) bond motifs is 1. The third kappa shape index (κ3) is 4.64. The third-order valence-electron chi connectivity index (χ3n) is 6.63. The van der Waals surface area contributed by atoms with E-state index in [1.807, 2.05) is 62.7 Å². The van der Waals surface area contributed by atoms with E-state index in [4.69, 9.17) is 9.97 Å². The predicted molar refractivity (Wildman–Crippen MR) is 151 cm³/mol. The summed E-state index contributed by atoms with van der Waals surface area (Å²) < 4.78 is 0. The molecule has 5 aromatic rings. The lowest BCUT2D eigenvalue weighted by Gasteiger charge is -2.09. The van der Waals surface area contributed by atoms with E-state index in [9.17, 15) is 0 Å². The first kappa shape index (κ1) is 23.5. The number of hydrogen-bond acceptors (Lipinski definition) is 6. The smallest absolute Gasteiger partial charge is 0.161 e. The van der Waals surface area contributed by atoms with Crippen LogP contribution in [-0.2, 0) is 0 Å². The minimum absolute atomic E-state index is 0.565. The summed E-state index contributed by atoms with van der Waals surface area (Å²) in [5.74, 6) is 1.22. The van der Waals surface area contributed by atoms with Gasteiger partial charge in [-0.25, -0.2) is 9.97 Å². The predicted octanol–water partition coefficient (Wildman–Crippen LogP) is 6.46. The van der Waals surface area contributed by atoms with Crippen molar-refractivity contribution in [2.75, 3.05) is 5.32 Å². The van der Waals surface area contributed by atoms with Gasteiger partial charge in [-0.2, -0.15) is 5.10 Å². The molecule has 0 amide bonds. The topological polar surface area (TPSA) is 108 Å². The van der Waals surface area contributed by atoms with Gasteiger partial charge in [0.15, 0.2) is 11.5 Å². The molecule has 0 unspecified atom stereocenters. The van der Waals surface area contributed by atoms with Crippen LogP contribution in [0.5, 0.6) is 0 Å². The molecule has 5 heterocycles. The zero-order valence-electron chi connectivity index (χ0n) is 21.4. The lowest BCUT2D eigenvalue weighted by atomic mass is 10.0. The van der Waals surface area contributed by atoms with Gasteiger partial charge in [0.1, 0.15) is 5.52 Å². The van der Waals surface area contributed by atoms with Gasteiger partial charge in [0.25, 0.3) is 0 Å². The number of hydrogen-bond donors (Lipinski definition) is 3. The van der Waals surface area contributed by atoms with E-state index in [0.717, 1.165) is 56.2 Å². The fourth-order valence-electron chi connectivity index (χ4n) is 4.46. The second kappa shape index (κ2) is 9.89. The van der Waals surface area contributed by atoms with Crippen molar-refractivity contribution in [2.45, 2.75) is 26.7 Å². The van der Waals surface area contributed by atoms with Gasteiger partial charge in [-0.15, -0.1) is 0 Å². The summed E-state index contributed by atoms with van der Waals surface area (Å²) in [6.07, 6.45) is 15.7. The normalized spacial score (nSPS) is 13.9. The first-order valence-corrected chi connectivity index (χ1v) is 12.7. The molecule has 0 spiro atoms. The van der Waals surface area contributed by atoms with Crippen LogP contribution in [-0.4, -0.2) is 35.1 Å². The molecule has 188 valence electrons. The fourth-order valence-corrected chi connectivity index (χ4v) is 4.46. The summed E-state index contributed by atoms with van der Waals surface area (Å²) in [6.45, 7) is 8.17. The highest BCUT2D eigenvalue weighted by Crippen LogP contribution is 2.36. The van der Waals surface area contributed by atoms with E-state index in [2.05, 4.69) is 49.2 Å². The quantitative estimate of drug-likeness (QED) is 0.211. The second-order valence-corrected chi connectivity index (χ2v) is 9.45. The lowest BCUT2D eigenvalue weighted by Crippen LogP contribution is -2.00. The number of nitrogens with zero attached hydrogens (tertiary/aromatic N) is 5. The van der Waals surface area contributed by atoms with Crippen molar-refractivity contribution in [2.24, 2.45) is 5.92 Å². The van der Waals surface area contributed by atoms with Crippen molar-refractivity contribution < 1.29 is 0 Å². The summed E-state index contributed by atoms with van der Waals surface area (Å²) in [4.78, 5) is 21.9. The number of pyridine rings is 3. The van der Waals surface area contributed by atoms with Crippen LogP contribution in [0.2, 0.25) is 0 Å². The van der Waals surface area contributed by atoms with Gasteiger partial charge in [0.2, 0.25) is 0 Å². The SMILES string of the molecule is C=C(Nc1cncc(-c2ccc3[nH]nc(-c4nc(/C(=C\C=C/C)c5ccncc5)c(C)[nH]4)c3n2)c1)C1CC1. The number of allylic oxidation sites excluding steroid dienone is 4. The molecule has 1 fully saturated rings. The van der Waals surface area contributed by atoms with Gasteiger partial charge < -0.3 is 10.3 Å². The third-order valence-corrected chi connectivity index (χ3v) is 6.63. The molecule has 0 bridgehead atoms. The van der Waals surface area contributed by atoms with Crippen molar-refractivity contribution in [3.63, 3.8) is 0 Å². The van der Waals surface area contributed by atoms with Crippen LogP contribution >= 0.6 is 0 Å². The summed E-state index contributed by atoms with van der Waals surface area (Å²) in [6, 6.07) is 9.98. The maximum atomic E-state index is 4.97. The average Bonchev–Trinajstić information content (AvgIpc) is 3.62. The number of aromatic nitrogens is 7. The lowest BCUT2D eigenvalue weighted by molar-refractivity contribution is 1.02. The van der Waals surface area contributed by atoms with Gasteiger partial charge in [-0.3, -0.25) is 15.1 Å². The average molecular weight is 501 g/mol.